The lowest BCUT2D eigenvalue weighted by molar-refractivity contribution is -0.128. The molecule has 1 aromatic heterocycles. The fourth-order valence-corrected chi connectivity index (χ4v) is 2.11. The fraction of sp³-hybridized carbons (Fsp3) is 0. The highest BCUT2D eigenvalue weighted by atomic mass is 16.5. The zero-order valence-corrected chi connectivity index (χ0v) is 12.0. The third-order valence-corrected chi connectivity index (χ3v) is 3.22. The first-order valence-corrected chi connectivity index (χ1v) is 6.89. The van der Waals surface area contributed by atoms with Gasteiger partial charge in [-0.2, -0.15) is 0 Å². The van der Waals surface area contributed by atoms with Gasteiger partial charge in [0.1, 0.15) is 5.52 Å². The molecule has 0 saturated carbocycles. The molecule has 0 bridgehead atoms. The van der Waals surface area contributed by atoms with Crippen molar-refractivity contribution < 1.29 is 19.7 Å². The number of fused-ring (bicyclic) bond motifs is 1. The summed E-state index contributed by atoms with van der Waals surface area (Å²) in [5.41, 5.74) is 1.17. The molecule has 0 atom stereocenters. The zero-order chi connectivity index (χ0) is 16.2. The molecule has 2 aromatic carbocycles. The number of nitrogens with zero attached hydrogens (tertiary/aromatic N) is 1. The van der Waals surface area contributed by atoms with Crippen LogP contribution in [0.1, 0.15) is 5.56 Å². The van der Waals surface area contributed by atoms with Crippen LogP contribution >= 0.6 is 0 Å². The first-order chi connectivity index (χ1) is 11.1. The molecule has 2 N–H and O–H groups in total. The minimum Gasteiger partial charge on any atom is -0.504 e. The Morgan fingerprint density at radius 3 is 2.70 bits per heavy atom. The number of phenolic OH excluding ortho intramolecular Hbond substituents is 2. The normalized spacial score (nSPS) is 11.0. The van der Waals surface area contributed by atoms with Crippen molar-refractivity contribution in [3.05, 3.63) is 66.4 Å². The van der Waals surface area contributed by atoms with Crippen LogP contribution in [-0.4, -0.2) is 21.2 Å². The number of benzene rings is 2. The summed E-state index contributed by atoms with van der Waals surface area (Å²) in [7, 11) is 0. The van der Waals surface area contributed by atoms with Crippen molar-refractivity contribution in [2.24, 2.45) is 0 Å². The van der Waals surface area contributed by atoms with Crippen LogP contribution in [0.2, 0.25) is 0 Å². The van der Waals surface area contributed by atoms with E-state index in [1.54, 1.807) is 24.4 Å². The van der Waals surface area contributed by atoms with E-state index in [9.17, 15) is 15.0 Å². The van der Waals surface area contributed by atoms with Gasteiger partial charge in [0, 0.05) is 17.7 Å². The number of pyridine rings is 1. The zero-order valence-electron chi connectivity index (χ0n) is 12.0. The van der Waals surface area contributed by atoms with Crippen molar-refractivity contribution in [1.29, 1.82) is 0 Å². The van der Waals surface area contributed by atoms with Crippen LogP contribution in [0.4, 0.5) is 0 Å². The predicted octanol–water partition coefficient (Wildman–Crippen LogP) is 3.26. The van der Waals surface area contributed by atoms with Crippen LogP contribution < -0.4 is 4.74 Å². The maximum absolute atomic E-state index is 11.9. The van der Waals surface area contributed by atoms with Crippen LogP contribution in [0.3, 0.4) is 0 Å². The van der Waals surface area contributed by atoms with Gasteiger partial charge in [-0.25, -0.2) is 4.79 Å². The number of hydrogen-bond acceptors (Lipinski definition) is 5. The third-order valence-electron chi connectivity index (χ3n) is 3.22. The molecule has 5 nitrogen and oxygen atoms in total. The van der Waals surface area contributed by atoms with Crippen LogP contribution in [-0.2, 0) is 4.79 Å². The van der Waals surface area contributed by atoms with Gasteiger partial charge in [0.2, 0.25) is 0 Å². The molecule has 0 fully saturated rings. The predicted molar refractivity (Wildman–Crippen MR) is 86.2 cm³/mol. The Bertz CT molecular complexity index is 897. The number of hydrogen-bond donors (Lipinski definition) is 2. The number of esters is 1. The molecular weight excluding hydrogens is 294 g/mol. The number of carbonyl (C=O) groups is 1. The Balaban J connectivity index is 1.78. The van der Waals surface area contributed by atoms with Crippen LogP contribution in [0.25, 0.3) is 17.0 Å². The second kappa shape index (κ2) is 6.19. The Morgan fingerprint density at radius 1 is 1.04 bits per heavy atom. The van der Waals surface area contributed by atoms with Gasteiger partial charge in [-0.3, -0.25) is 4.98 Å². The molecule has 0 radical (unpaired) electrons. The highest BCUT2D eigenvalue weighted by Crippen LogP contribution is 2.26. The first-order valence-electron chi connectivity index (χ1n) is 6.89. The Labute approximate surface area is 132 Å². The van der Waals surface area contributed by atoms with Gasteiger partial charge in [0.05, 0.1) is 0 Å². The van der Waals surface area contributed by atoms with E-state index in [0.717, 1.165) is 5.39 Å². The average molecular weight is 307 g/mol. The van der Waals surface area contributed by atoms with Crippen molar-refractivity contribution in [3.8, 4) is 17.2 Å². The van der Waals surface area contributed by atoms with E-state index in [1.807, 2.05) is 18.2 Å². The van der Waals surface area contributed by atoms with E-state index in [4.69, 9.17) is 4.74 Å². The molecule has 114 valence electrons. The number of phenols is 2. The van der Waals surface area contributed by atoms with E-state index >= 15 is 0 Å². The molecule has 23 heavy (non-hydrogen) atoms. The first kappa shape index (κ1) is 14.6. The number of aromatic nitrogens is 1. The molecule has 0 spiro atoms. The molecular formula is C18H13NO4. The van der Waals surface area contributed by atoms with E-state index in [-0.39, 0.29) is 11.5 Å². The Morgan fingerprint density at radius 2 is 1.87 bits per heavy atom. The van der Waals surface area contributed by atoms with Crippen LogP contribution in [0.5, 0.6) is 17.2 Å². The van der Waals surface area contributed by atoms with Gasteiger partial charge < -0.3 is 14.9 Å². The SMILES string of the molecule is O=C(C=Cc1ccc(O)c(O)c1)Oc1cccc2cccnc12. The molecule has 3 aromatic rings. The molecule has 0 unspecified atom stereocenters. The van der Waals surface area contributed by atoms with E-state index in [0.29, 0.717) is 16.8 Å². The summed E-state index contributed by atoms with van der Waals surface area (Å²) in [6, 6.07) is 13.3. The maximum atomic E-state index is 11.9. The smallest absolute Gasteiger partial charge is 0.336 e. The third kappa shape index (κ3) is 3.29. The Hall–Kier alpha value is -3.34. The van der Waals surface area contributed by atoms with Crippen molar-refractivity contribution in [2.75, 3.05) is 0 Å². The van der Waals surface area contributed by atoms with Gasteiger partial charge in [-0.05, 0) is 35.9 Å². The largest absolute Gasteiger partial charge is 0.504 e. The molecule has 0 aliphatic rings. The quantitative estimate of drug-likeness (QED) is 0.336. The monoisotopic (exact) mass is 307 g/mol. The minimum atomic E-state index is -0.560. The van der Waals surface area contributed by atoms with Crippen molar-refractivity contribution in [2.45, 2.75) is 0 Å². The summed E-state index contributed by atoms with van der Waals surface area (Å²) in [5, 5.41) is 19.5. The lowest BCUT2D eigenvalue weighted by Crippen LogP contribution is -2.04. The van der Waals surface area contributed by atoms with Crippen LogP contribution in [0.15, 0.2) is 60.8 Å². The molecule has 0 amide bonds. The number of carbonyl (C=O) groups excluding carboxylic acids is 1. The van der Waals surface area contributed by atoms with E-state index < -0.39 is 5.97 Å². The summed E-state index contributed by atoms with van der Waals surface area (Å²) < 4.78 is 5.30. The van der Waals surface area contributed by atoms with Crippen LogP contribution in [0, 0.1) is 0 Å². The summed E-state index contributed by atoms with van der Waals surface area (Å²) in [6.45, 7) is 0. The second-order valence-corrected chi connectivity index (χ2v) is 4.83. The fourth-order valence-electron chi connectivity index (χ4n) is 2.11. The van der Waals surface area contributed by atoms with E-state index in [1.165, 1.54) is 24.3 Å². The van der Waals surface area contributed by atoms with Gasteiger partial charge in [0.15, 0.2) is 17.2 Å². The van der Waals surface area contributed by atoms with Gasteiger partial charge in [-0.15, -0.1) is 0 Å². The van der Waals surface area contributed by atoms with Crippen molar-refractivity contribution in [1.82, 2.24) is 4.98 Å². The van der Waals surface area contributed by atoms with Crippen molar-refractivity contribution >= 4 is 22.9 Å². The lowest BCUT2D eigenvalue weighted by Gasteiger charge is -2.04. The van der Waals surface area contributed by atoms with E-state index in [2.05, 4.69) is 4.98 Å². The summed E-state index contributed by atoms with van der Waals surface area (Å²) in [6.07, 6.45) is 4.36. The summed E-state index contributed by atoms with van der Waals surface area (Å²) in [5.74, 6) is -0.646. The lowest BCUT2D eigenvalue weighted by atomic mass is 10.2. The van der Waals surface area contributed by atoms with Gasteiger partial charge >= 0.3 is 5.97 Å². The topological polar surface area (TPSA) is 79.7 Å². The highest BCUT2D eigenvalue weighted by Gasteiger charge is 2.06. The maximum Gasteiger partial charge on any atom is 0.336 e. The number of para-hydroxylation sites is 1. The molecule has 3 rings (SSSR count). The number of rotatable bonds is 3. The Kier molecular flexibility index (Phi) is 3.93. The summed E-state index contributed by atoms with van der Waals surface area (Å²) in [4.78, 5) is 16.1. The van der Waals surface area contributed by atoms with Gasteiger partial charge in [0.25, 0.3) is 0 Å². The minimum absolute atomic E-state index is 0.216. The number of aromatic hydroxyl groups is 2. The molecule has 0 aliphatic heterocycles. The second-order valence-electron chi connectivity index (χ2n) is 4.83. The standard InChI is InChI=1S/C18H13NO4/c20-14-8-6-12(11-15(14)21)7-9-17(22)23-16-5-1-3-13-4-2-10-19-18(13)16/h1-11,20-21H. The molecule has 1 heterocycles. The number of ether oxygens (including phenoxy) is 1. The average Bonchev–Trinajstić information content (AvgIpc) is 2.56. The molecule has 5 heteroatoms. The van der Waals surface area contributed by atoms with Crippen molar-refractivity contribution in [3.63, 3.8) is 0 Å². The molecule has 0 aliphatic carbocycles. The summed E-state index contributed by atoms with van der Waals surface area (Å²) >= 11 is 0. The highest BCUT2D eigenvalue weighted by molar-refractivity contribution is 5.92. The molecule has 0 saturated heterocycles. The van der Waals surface area contributed by atoms with Gasteiger partial charge in [-0.1, -0.05) is 24.3 Å².